The summed E-state index contributed by atoms with van der Waals surface area (Å²) in [6.07, 6.45) is 58.1. The van der Waals surface area contributed by atoms with Crippen molar-refractivity contribution >= 4 is 11.9 Å². The summed E-state index contributed by atoms with van der Waals surface area (Å²) < 4.78 is 5.91. The number of aliphatic hydroxyl groups is 2. The average molecular weight is 824 g/mol. The predicted molar refractivity (Wildman–Crippen MR) is 255 cm³/mol. The van der Waals surface area contributed by atoms with Crippen molar-refractivity contribution in [3.8, 4) is 0 Å². The lowest BCUT2D eigenvalue weighted by molar-refractivity contribution is -0.151. The molecule has 0 heterocycles. The van der Waals surface area contributed by atoms with Gasteiger partial charge in [0.1, 0.15) is 6.10 Å². The quantitative estimate of drug-likeness (QED) is 0.0246. The fourth-order valence-corrected chi connectivity index (χ4v) is 7.15. The van der Waals surface area contributed by atoms with Crippen molar-refractivity contribution in [1.29, 1.82) is 0 Å². The van der Waals surface area contributed by atoms with E-state index >= 15 is 0 Å². The molecule has 0 aliphatic carbocycles. The molecule has 6 heteroatoms. The lowest BCUT2D eigenvalue weighted by Crippen LogP contribution is -2.46. The number of carbonyl (C=O) groups excluding carboxylic acids is 2. The highest BCUT2D eigenvalue weighted by Gasteiger charge is 2.24. The van der Waals surface area contributed by atoms with Crippen LogP contribution in [0, 0.1) is 0 Å². The summed E-state index contributed by atoms with van der Waals surface area (Å²) in [7, 11) is 0. The summed E-state index contributed by atoms with van der Waals surface area (Å²) in [6, 6.07) is -0.713. The van der Waals surface area contributed by atoms with Crippen LogP contribution in [0.15, 0.2) is 72.9 Å². The van der Waals surface area contributed by atoms with Gasteiger partial charge in [0.25, 0.3) is 0 Å². The van der Waals surface area contributed by atoms with Gasteiger partial charge in [0.05, 0.1) is 25.2 Å². The van der Waals surface area contributed by atoms with Crippen LogP contribution in [-0.4, -0.2) is 46.9 Å². The van der Waals surface area contributed by atoms with Crippen molar-refractivity contribution in [2.75, 3.05) is 6.61 Å². The number of nitrogens with one attached hydrogen (secondary N) is 1. The number of ether oxygens (including phenoxy) is 1. The molecule has 59 heavy (non-hydrogen) atoms. The molecule has 0 aromatic carbocycles. The average Bonchev–Trinajstić information content (AvgIpc) is 3.23. The second kappa shape index (κ2) is 46.4. The SMILES string of the molecule is CC/C=C/C=C/C=C/CCCCCCCC(CC(=O)NC(CO)C(O)CCCCCCCCCCCCC)OC(=O)CCCCCCCC/C=C/C/C=C/C/C=C/CC. The fourth-order valence-electron chi connectivity index (χ4n) is 7.15. The maximum absolute atomic E-state index is 13.2. The van der Waals surface area contributed by atoms with Crippen LogP contribution in [0.5, 0.6) is 0 Å². The van der Waals surface area contributed by atoms with E-state index in [4.69, 9.17) is 4.74 Å². The number of hydrogen-bond donors (Lipinski definition) is 3. The van der Waals surface area contributed by atoms with E-state index in [9.17, 15) is 19.8 Å². The number of esters is 1. The van der Waals surface area contributed by atoms with Crippen LogP contribution in [-0.2, 0) is 14.3 Å². The Hall–Kier alpha value is -2.70. The number of rotatable bonds is 43. The molecule has 0 rings (SSSR count). The molecule has 3 N–H and O–H groups in total. The molecule has 0 radical (unpaired) electrons. The Morgan fingerprint density at radius 2 is 1.00 bits per heavy atom. The first kappa shape index (κ1) is 56.3. The first-order valence-corrected chi connectivity index (χ1v) is 24.7. The van der Waals surface area contributed by atoms with Gasteiger partial charge in [-0.3, -0.25) is 9.59 Å². The Kier molecular flexibility index (Phi) is 44.2. The minimum absolute atomic E-state index is 0.0558. The molecular weight excluding hydrogens is 731 g/mol. The van der Waals surface area contributed by atoms with Gasteiger partial charge in [0, 0.05) is 6.42 Å². The molecule has 0 aliphatic rings. The summed E-state index contributed by atoms with van der Waals surface area (Å²) in [5, 5.41) is 23.7. The van der Waals surface area contributed by atoms with Crippen molar-refractivity contribution in [2.45, 2.75) is 244 Å². The largest absolute Gasteiger partial charge is 0.462 e. The van der Waals surface area contributed by atoms with Crippen LogP contribution in [0.3, 0.4) is 0 Å². The Balaban J connectivity index is 4.63. The van der Waals surface area contributed by atoms with Crippen molar-refractivity contribution in [2.24, 2.45) is 0 Å². The zero-order valence-electron chi connectivity index (χ0n) is 38.6. The minimum atomic E-state index is -0.797. The molecule has 0 fully saturated rings. The van der Waals surface area contributed by atoms with E-state index in [1.54, 1.807) is 0 Å². The molecule has 0 saturated carbocycles. The van der Waals surface area contributed by atoms with Crippen molar-refractivity contribution in [1.82, 2.24) is 5.32 Å². The van der Waals surface area contributed by atoms with Gasteiger partial charge in [-0.1, -0.05) is 209 Å². The van der Waals surface area contributed by atoms with Crippen molar-refractivity contribution < 1.29 is 24.5 Å². The maximum atomic E-state index is 13.2. The van der Waals surface area contributed by atoms with Crippen LogP contribution in [0.1, 0.15) is 226 Å². The Labute approximate surface area is 364 Å². The molecule has 0 aromatic rings. The van der Waals surface area contributed by atoms with Gasteiger partial charge in [-0.2, -0.15) is 0 Å². The molecule has 3 unspecified atom stereocenters. The number of allylic oxidation sites excluding steroid dienone is 12. The Bertz CT molecular complexity index is 1110. The van der Waals surface area contributed by atoms with Gasteiger partial charge < -0.3 is 20.3 Å². The zero-order valence-corrected chi connectivity index (χ0v) is 38.6. The summed E-state index contributed by atoms with van der Waals surface area (Å²) in [6.45, 7) is 6.22. The molecule has 3 atom stereocenters. The van der Waals surface area contributed by atoms with Gasteiger partial charge >= 0.3 is 5.97 Å². The lowest BCUT2D eigenvalue weighted by atomic mass is 10.0. The Morgan fingerprint density at radius 1 is 0.525 bits per heavy atom. The summed E-state index contributed by atoms with van der Waals surface area (Å²) in [4.78, 5) is 26.1. The molecule has 0 aliphatic heterocycles. The van der Waals surface area contributed by atoms with E-state index < -0.39 is 18.2 Å². The van der Waals surface area contributed by atoms with E-state index in [1.165, 1.54) is 70.6 Å². The fraction of sp³-hybridized carbons (Fsp3) is 0.736. The maximum Gasteiger partial charge on any atom is 0.306 e. The number of aliphatic hydroxyl groups excluding tert-OH is 2. The summed E-state index contributed by atoms with van der Waals surface area (Å²) in [5.41, 5.74) is 0. The third kappa shape index (κ3) is 41.8. The van der Waals surface area contributed by atoms with Gasteiger partial charge in [-0.05, 0) is 77.0 Å². The molecule has 0 saturated heterocycles. The molecule has 6 nitrogen and oxygen atoms in total. The second-order valence-corrected chi connectivity index (χ2v) is 16.5. The van der Waals surface area contributed by atoms with E-state index in [0.29, 0.717) is 19.3 Å². The van der Waals surface area contributed by atoms with Crippen LogP contribution in [0.4, 0.5) is 0 Å². The molecular formula is C53H93NO5. The first-order chi connectivity index (χ1) is 29.0. The third-order valence-corrected chi connectivity index (χ3v) is 10.8. The number of unbranched alkanes of at least 4 members (excludes halogenated alkanes) is 21. The topological polar surface area (TPSA) is 95.9 Å². The van der Waals surface area contributed by atoms with Gasteiger partial charge in [-0.25, -0.2) is 0 Å². The molecule has 340 valence electrons. The lowest BCUT2D eigenvalue weighted by Gasteiger charge is -2.24. The molecule has 1 amide bonds. The predicted octanol–water partition coefficient (Wildman–Crippen LogP) is 14.6. The van der Waals surface area contributed by atoms with Crippen molar-refractivity contribution in [3.63, 3.8) is 0 Å². The molecule has 0 bridgehead atoms. The van der Waals surface area contributed by atoms with E-state index in [1.807, 2.05) is 0 Å². The summed E-state index contributed by atoms with van der Waals surface area (Å²) in [5.74, 6) is -0.512. The zero-order chi connectivity index (χ0) is 43.1. The minimum Gasteiger partial charge on any atom is -0.462 e. The second-order valence-electron chi connectivity index (χ2n) is 16.5. The van der Waals surface area contributed by atoms with Crippen molar-refractivity contribution in [3.05, 3.63) is 72.9 Å². The van der Waals surface area contributed by atoms with Crippen LogP contribution in [0.25, 0.3) is 0 Å². The molecule has 0 spiro atoms. The van der Waals surface area contributed by atoms with Gasteiger partial charge in [-0.15, -0.1) is 0 Å². The summed E-state index contributed by atoms with van der Waals surface area (Å²) >= 11 is 0. The van der Waals surface area contributed by atoms with E-state index in [2.05, 4.69) is 99.0 Å². The van der Waals surface area contributed by atoms with E-state index in [0.717, 1.165) is 109 Å². The standard InChI is InChI=1S/C53H93NO5/c1-4-7-10-13-16-19-22-24-25-26-28-31-34-37-40-43-46-53(58)59-49(44-41-38-35-32-30-27-23-20-17-14-11-8-5-2)47-52(57)54-50(48-55)51(56)45-42-39-36-33-29-21-18-15-12-9-6-3/h7-8,10-11,14,16-17,19-20,23-25,49-51,55-56H,4-6,9,12-13,15,18,21-22,26-48H2,1-3H3,(H,54,57)/b10-7+,11-8+,17-14+,19-16+,23-20+,25-24+. The van der Waals surface area contributed by atoms with Crippen LogP contribution < -0.4 is 5.32 Å². The Morgan fingerprint density at radius 3 is 1.58 bits per heavy atom. The highest BCUT2D eigenvalue weighted by atomic mass is 16.5. The normalized spacial score (nSPS) is 13.9. The van der Waals surface area contributed by atoms with Crippen LogP contribution >= 0.6 is 0 Å². The monoisotopic (exact) mass is 824 g/mol. The van der Waals surface area contributed by atoms with Crippen LogP contribution in [0.2, 0.25) is 0 Å². The highest BCUT2D eigenvalue weighted by Crippen LogP contribution is 2.17. The number of hydrogen-bond acceptors (Lipinski definition) is 5. The van der Waals surface area contributed by atoms with Gasteiger partial charge in [0.15, 0.2) is 0 Å². The van der Waals surface area contributed by atoms with Gasteiger partial charge in [0.2, 0.25) is 5.91 Å². The number of carbonyl (C=O) groups is 2. The van der Waals surface area contributed by atoms with E-state index in [-0.39, 0.29) is 24.9 Å². The third-order valence-electron chi connectivity index (χ3n) is 10.8. The molecule has 0 aromatic heterocycles. The highest BCUT2D eigenvalue weighted by molar-refractivity contribution is 5.77. The smallest absolute Gasteiger partial charge is 0.306 e. The first-order valence-electron chi connectivity index (χ1n) is 24.7. The number of amides is 1.